The maximum atomic E-state index is 13.7. The van der Waals surface area contributed by atoms with Gasteiger partial charge in [-0.3, -0.25) is 57.8 Å². The quantitative estimate of drug-likeness (QED) is 0.0306. The van der Waals surface area contributed by atoms with Gasteiger partial charge in [-0.25, -0.2) is 29.7 Å². The van der Waals surface area contributed by atoms with Crippen LogP contribution < -0.4 is 37.5 Å². The Bertz CT molecular complexity index is 4280. The topological polar surface area (TPSA) is 384 Å². The van der Waals surface area contributed by atoms with Crippen molar-refractivity contribution in [2.45, 2.75) is 106 Å². The Morgan fingerprint density at radius 3 is 2.20 bits per heavy atom. The number of aryl methyl sites for hydroxylation is 4. The van der Waals surface area contributed by atoms with E-state index in [1.807, 2.05) is 48.2 Å². The molecule has 0 radical (unpaired) electrons. The molecule has 9 amide bonds. The summed E-state index contributed by atoms with van der Waals surface area (Å²) < 4.78 is 23.3. The molecule has 8 N–H and O–H groups in total. The highest BCUT2D eigenvalue weighted by atomic mass is 16.6. The first-order chi connectivity index (χ1) is 44.1. The van der Waals surface area contributed by atoms with Gasteiger partial charge < -0.3 is 50.8 Å². The van der Waals surface area contributed by atoms with Crippen molar-refractivity contribution in [3.8, 4) is 17.3 Å². The summed E-state index contributed by atoms with van der Waals surface area (Å²) in [5.74, 6) is -3.66. The number of imidazole rings is 1. The lowest BCUT2D eigenvalue weighted by molar-refractivity contribution is -0.137. The molecule has 2 atom stereocenters. The third-order valence-corrected chi connectivity index (χ3v) is 15.6. The van der Waals surface area contributed by atoms with Crippen LogP contribution in [0.5, 0.6) is 5.75 Å². The molecule has 1 fully saturated rings. The van der Waals surface area contributed by atoms with E-state index < -0.39 is 65.4 Å². The Hall–Kier alpha value is -11.1. The van der Waals surface area contributed by atoms with E-state index in [1.165, 1.54) is 19.2 Å². The molecule has 478 valence electrons. The molecule has 0 spiro atoms. The third-order valence-electron chi connectivity index (χ3n) is 15.6. The van der Waals surface area contributed by atoms with Gasteiger partial charge in [-0.05, 0) is 87.4 Å². The number of amides is 9. The van der Waals surface area contributed by atoms with E-state index in [0.717, 1.165) is 22.7 Å². The van der Waals surface area contributed by atoms with Gasteiger partial charge in [0.15, 0.2) is 17.4 Å². The predicted molar refractivity (Wildman–Crippen MR) is 334 cm³/mol. The summed E-state index contributed by atoms with van der Waals surface area (Å²) in [5, 5.41) is 16.7. The van der Waals surface area contributed by atoms with Crippen LogP contribution in [0.25, 0.3) is 44.6 Å². The van der Waals surface area contributed by atoms with E-state index in [4.69, 9.17) is 35.3 Å². The highest BCUT2D eigenvalue weighted by molar-refractivity contribution is 6.13. The largest absolute Gasteiger partial charge is 0.491 e. The Kier molecular flexibility index (Phi) is 19.0. The molecule has 8 aromatic rings. The van der Waals surface area contributed by atoms with Gasteiger partial charge in [-0.15, -0.1) is 0 Å². The number of nitrogens with two attached hydrogens (primary N) is 2. The monoisotopic (exact) mass is 1260 g/mol. The first-order valence-electron chi connectivity index (χ1n) is 29.9. The van der Waals surface area contributed by atoms with Crippen molar-refractivity contribution in [1.29, 1.82) is 0 Å². The molecule has 92 heavy (non-hydrogen) atoms. The lowest BCUT2D eigenvalue weighted by atomic mass is 9.97. The smallest absolute Gasteiger partial charge is 0.410 e. The molecule has 2 aliphatic heterocycles. The zero-order valence-electron chi connectivity index (χ0n) is 51.6. The number of aromatic nitrogens is 9. The van der Waals surface area contributed by atoms with Crippen molar-refractivity contribution in [1.82, 2.24) is 64.3 Å². The Morgan fingerprint density at radius 2 is 1.51 bits per heavy atom. The molecule has 2 aromatic carbocycles. The Balaban J connectivity index is 0.779. The van der Waals surface area contributed by atoms with E-state index in [9.17, 15) is 43.2 Å². The van der Waals surface area contributed by atoms with Gasteiger partial charge in [0, 0.05) is 99.2 Å². The number of carbonyl (C=O) groups excluding carboxylic acids is 9. The molecule has 8 heterocycles. The van der Waals surface area contributed by atoms with Gasteiger partial charge in [-0.2, -0.15) is 5.10 Å². The fraction of sp³-hybridized carbons (Fsp3) is 0.349. The van der Waals surface area contributed by atoms with Crippen LogP contribution in [0.2, 0.25) is 0 Å². The number of oxazole rings is 1. The van der Waals surface area contributed by atoms with Crippen LogP contribution in [-0.2, 0) is 61.4 Å². The number of carbonyl (C=O) groups is 9. The number of hydrogen-bond acceptors (Lipinski definition) is 18. The van der Waals surface area contributed by atoms with E-state index in [0.29, 0.717) is 106 Å². The number of likely N-dealkylation sites (tertiary alicyclic amines) is 1. The molecule has 10 rings (SSSR count). The maximum absolute atomic E-state index is 13.7. The van der Waals surface area contributed by atoms with Crippen molar-refractivity contribution in [3.05, 3.63) is 125 Å². The summed E-state index contributed by atoms with van der Waals surface area (Å²) in [7, 11) is 0. The van der Waals surface area contributed by atoms with Gasteiger partial charge in [0.1, 0.15) is 41.3 Å². The van der Waals surface area contributed by atoms with Crippen molar-refractivity contribution in [2.75, 3.05) is 36.9 Å². The molecule has 0 aliphatic carbocycles. The standard InChI is InChI=1S/C63H69N17O12/c1-8-44-53(92-36(7)69-44)61(88)74-62-71-45-26-40(55(65)85)28-67-58(45)79(62)21-11-10-20-78-52-42(43-29-66-56(73-57(43)78)46-24-34(5)75-80(46)9-2)25-39(54(64)84)27-47(52)90-23-19-38-30-76(31-38)63(89)91-32-37-12-14-41(15-13-37)70-59(86)35(6)68-60(87)51(33(3)4)72-48(81)18-22-77-49(82)16-17-50(77)83/h10-17,24-29,33,35,38,51H,8-9,18-23,30-32H2,1-7H3,(H2,64,84)(H2,65,85)(H,68,87)(H,70,86)(H,72,81)(H,71,74,88)/b11-10+/t35-,51-/m1/s1. The minimum atomic E-state index is -0.997. The fourth-order valence-corrected chi connectivity index (χ4v) is 10.7. The number of rotatable bonds is 26. The maximum Gasteiger partial charge on any atom is 0.410 e. The van der Waals surface area contributed by atoms with Gasteiger partial charge in [0.05, 0.1) is 29.1 Å². The number of pyridine rings is 1. The first kappa shape index (κ1) is 63.9. The van der Waals surface area contributed by atoms with Crippen LogP contribution in [0, 0.1) is 25.7 Å². The van der Waals surface area contributed by atoms with E-state index in [2.05, 4.69) is 41.3 Å². The summed E-state index contributed by atoms with van der Waals surface area (Å²) >= 11 is 0. The zero-order chi connectivity index (χ0) is 65.7. The molecule has 6 aromatic heterocycles. The molecule has 29 heteroatoms. The number of anilines is 2. The minimum Gasteiger partial charge on any atom is -0.491 e. The van der Waals surface area contributed by atoms with E-state index >= 15 is 0 Å². The first-order valence-corrected chi connectivity index (χ1v) is 29.9. The highest BCUT2D eigenvalue weighted by Crippen LogP contribution is 2.37. The number of hydrogen-bond donors (Lipinski definition) is 6. The summed E-state index contributed by atoms with van der Waals surface area (Å²) in [6, 6.07) is 11.3. The predicted octanol–water partition coefficient (Wildman–Crippen LogP) is 5.02. The summed E-state index contributed by atoms with van der Waals surface area (Å²) in [6.07, 6.45) is 9.31. The Morgan fingerprint density at radius 1 is 0.793 bits per heavy atom. The van der Waals surface area contributed by atoms with E-state index in [1.54, 1.807) is 72.8 Å². The molecule has 0 saturated carbocycles. The van der Waals surface area contributed by atoms with E-state index in [-0.39, 0.29) is 73.9 Å². The zero-order valence-corrected chi connectivity index (χ0v) is 51.6. The van der Waals surface area contributed by atoms with Crippen LogP contribution in [0.15, 0.2) is 89.6 Å². The summed E-state index contributed by atoms with van der Waals surface area (Å²) in [6.45, 7) is 14.1. The molecule has 29 nitrogen and oxygen atoms in total. The number of benzene rings is 2. The Labute approximate surface area is 526 Å². The summed E-state index contributed by atoms with van der Waals surface area (Å²) in [4.78, 5) is 141. The lowest BCUT2D eigenvalue weighted by Crippen LogP contribution is -2.54. The third kappa shape index (κ3) is 14.0. The minimum absolute atomic E-state index is 0.0434. The van der Waals surface area contributed by atoms with Gasteiger partial charge in [0.25, 0.3) is 17.7 Å². The van der Waals surface area contributed by atoms with Crippen LogP contribution in [-0.4, -0.2) is 145 Å². The SMILES string of the molecule is CCc1nc(C)oc1C(=O)Nc1nc2cc(C(N)=O)cnc2n1C/C=C/Cn1c2nc(-c3cc(C)nn3CC)ncc2c2cc(C(N)=O)cc(OCCC3CN(C(=O)OCc4ccc(NC(=O)[C@@H](C)NC(=O)[C@H](NC(=O)CCN5C(=O)C=CC5=O)C(C)C)cc4)C3)c21. The molecule has 2 aliphatic rings. The lowest BCUT2D eigenvalue weighted by Gasteiger charge is -2.38. The average molecular weight is 1260 g/mol. The molecule has 1 saturated heterocycles. The van der Waals surface area contributed by atoms with Crippen molar-refractivity contribution < 1.29 is 57.0 Å². The highest BCUT2D eigenvalue weighted by Gasteiger charge is 2.33. The normalized spacial score (nSPS) is 14.0. The van der Waals surface area contributed by atoms with Gasteiger partial charge in [-0.1, -0.05) is 45.1 Å². The number of primary amides is 2. The number of ether oxygens (including phenoxy) is 2. The number of fused-ring (bicyclic) bond motifs is 4. The van der Waals surface area contributed by atoms with Crippen molar-refractivity contribution in [2.24, 2.45) is 23.3 Å². The van der Waals surface area contributed by atoms with Crippen LogP contribution in [0.4, 0.5) is 16.4 Å². The summed E-state index contributed by atoms with van der Waals surface area (Å²) in [5.41, 5.74) is 16.7. The van der Waals surface area contributed by atoms with Crippen LogP contribution in [0.3, 0.4) is 0 Å². The molecule has 0 bridgehead atoms. The number of nitrogens with one attached hydrogen (secondary N) is 4. The van der Waals surface area contributed by atoms with Gasteiger partial charge >= 0.3 is 6.09 Å². The molecular weight excluding hydrogens is 1190 g/mol. The number of allylic oxidation sites excluding steroid dienone is 2. The van der Waals surface area contributed by atoms with Crippen LogP contribution >= 0.6 is 0 Å². The van der Waals surface area contributed by atoms with Crippen LogP contribution in [0.1, 0.15) is 102 Å². The average Bonchev–Trinajstić information content (AvgIpc) is 1.53. The van der Waals surface area contributed by atoms with Gasteiger partial charge in [0.2, 0.25) is 41.2 Å². The molecule has 0 unspecified atom stereocenters. The second-order valence-corrected chi connectivity index (χ2v) is 22.6. The van der Waals surface area contributed by atoms with Crippen molar-refractivity contribution >= 4 is 98.1 Å². The fourth-order valence-electron chi connectivity index (χ4n) is 10.7. The van der Waals surface area contributed by atoms with Crippen molar-refractivity contribution in [3.63, 3.8) is 0 Å². The molecular formula is C63H69N17O12. The number of imide groups is 1. The second-order valence-electron chi connectivity index (χ2n) is 22.6. The number of nitrogens with zero attached hydrogens (tertiary/aromatic N) is 11. The second kappa shape index (κ2) is 27.3.